The molecule has 0 amide bonds. The zero-order valence-electron chi connectivity index (χ0n) is 10.4. The topological polar surface area (TPSA) is 44.8 Å². The lowest BCUT2D eigenvalue weighted by Crippen LogP contribution is -2.32. The molecular formula is C14H18N4. The number of likely N-dealkylation sites (tertiary alicyclic amines) is 1. The summed E-state index contributed by atoms with van der Waals surface area (Å²) < 4.78 is 0. The number of H-pyrrole nitrogens is 1. The Morgan fingerprint density at radius 1 is 1.17 bits per heavy atom. The maximum Gasteiger partial charge on any atom is 0.137 e. The number of hydrogen-bond donors (Lipinski definition) is 1. The number of benzene rings is 1. The van der Waals surface area contributed by atoms with Gasteiger partial charge in [-0.05, 0) is 31.5 Å². The average molecular weight is 242 g/mol. The first-order chi connectivity index (χ1) is 8.92. The third-order valence-corrected chi connectivity index (χ3v) is 3.66. The third-order valence-electron chi connectivity index (χ3n) is 3.66. The van der Waals surface area contributed by atoms with Crippen molar-refractivity contribution in [2.75, 3.05) is 13.1 Å². The minimum absolute atomic E-state index is 0.555. The first-order valence-electron chi connectivity index (χ1n) is 6.53. The van der Waals surface area contributed by atoms with Crippen molar-refractivity contribution in [1.29, 1.82) is 0 Å². The molecule has 0 unspecified atom stereocenters. The Morgan fingerprint density at radius 3 is 2.61 bits per heavy atom. The van der Waals surface area contributed by atoms with E-state index in [1.165, 1.54) is 18.4 Å². The summed E-state index contributed by atoms with van der Waals surface area (Å²) in [4.78, 5) is 6.78. The second-order valence-electron chi connectivity index (χ2n) is 4.91. The van der Waals surface area contributed by atoms with Gasteiger partial charge in [0.1, 0.15) is 12.2 Å². The summed E-state index contributed by atoms with van der Waals surface area (Å²) in [5.74, 6) is 1.61. The SMILES string of the molecule is c1ccc(CN2CCC(c3ncn[nH]3)CC2)cc1. The first-order valence-corrected chi connectivity index (χ1v) is 6.53. The predicted octanol–water partition coefficient (Wildman–Crippen LogP) is 2.18. The van der Waals surface area contributed by atoms with Crippen LogP contribution < -0.4 is 0 Å². The first kappa shape index (κ1) is 11.4. The molecule has 4 nitrogen and oxygen atoms in total. The highest BCUT2D eigenvalue weighted by Gasteiger charge is 2.22. The third kappa shape index (κ3) is 2.59. The Balaban J connectivity index is 1.54. The van der Waals surface area contributed by atoms with Gasteiger partial charge < -0.3 is 0 Å². The van der Waals surface area contributed by atoms with E-state index in [2.05, 4.69) is 50.4 Å². The van der Waals surface area contributed by atoms with Gasteiger partial charge in [0.2, 0.25) is 0 Å². The minimum atomic E-state index is 0.555. The van der Waals surface area contributed by atoms with E-state index in [0.717, 1.165) is 25.5 Å². The molecule has 2 heterocycles. The lowest BCUT2D eigenvalue weighted by atomic mass is 9.96. The molecule has 4 heteroatoms. The molecule has 1 aromatic carbocycles. The van der Waals surface area contributed by atoms with Crippen molar-refractivity contribution >= 4 is 0 Å². The van der Waals surface area contributed by atoms with Crippen molar-refractivity contribution in [3.05, 3.63) is 48.0 Å². The van der Waals surface area contributed by atoms with Crippen LogP contribution in [-0.2, 0) is 6.54 Å². The second-order valence-corrected chi connectivity index (χ2v) is 4.91. The van der Waals surface area contributed by atoms with E-state index < -0.39 is 0 Å². The largest absolute Gasteiger partial charge is 0.299 e. The molecule has 0 radical (unpaired) electrons. The Kier molecular flexibility index (Phi) is 3.37. The lowest BCUT2D eigenvalue weighted by Gasteiger charge is -2.30. The standard InChI is InChI=1S/C14H18N4/c1-2-4-12(5-3-1)10-18-8-6-13(7-9-18)14-15-11-16-17-14/h1-5,11,13H,6-10H2,(H,15,16,17). The van der Waals surface area contributed by atoms with Gasteiger partial charge in [0.05, 0.1) is 0 Å². The molecule has 0 atom stereocenters. The van der Waals surface area contributed by atoms with E-state index >= 15 is 0 Å². The number of rotatable bonds is 3. The fraction of sp³-hybridized carbons (Fsp3) is 0.429. The van der Waals surface area contributed by atoms with Crippen LogP contribution in [0.25, 0.3) is 0 Å². The van der Waals surface area contributed by atoms with Crippen LogP contribution in [0.2, 0.25) is 0 Å². The molecule has 1 aromatic heterocycles. The maximum atomic E-state index is 4.26. The molecule has 1 saturated heterocycles. The van der Waals surface area contributed by atoms with Crippen LogP contribution in [0.3, 0.4) is 0 Å². The summed E-state index contributed by atoms with van der Waals surface area (Å²) in [6.07, 6.45) is 3.94. The Bertz CT molecular complexity index is 458. The number of piperidine rings is 1. The van der Waals surface area contributed by atoms with Crippen LogP contribution in [-0.4, -0.2) is 33.2 Å². The number of aromatic amines is 1. The van der Waals surface area contributed by atoms with Gasteiger partial charge in [-0.2, -0.15) is 5.10 Å². The van der Waals surface area contributed by atoms with Crippen LogP contribution >= 0.6 is 0 Å². The molecule has 3 rings (SSSR count). The van der Waals surface area contributed by atoms with Crippen LogP contribution in [0.5, 0.6) is 0 Å². The summed E-state index contributed by atoms with van der Waals surface area (Å²) in [5, 5.41) is 6.93. The smallest absolute Gasteiger partial charge is 0.137 e. The van der Waals surface area contributed by atoms with E-state index in [0.29, 0.717) is 5.92 Å². The molecule has 1 aliphatic heterocycles. The number of nitrogens with zero attached hydrogens (tertiary/aromatic N) is 3. The second kappa shape index (κ2) is 5.31. The van der Waals surface area contributed by atoms with E-state index in [1.54, 1.807) is 6.33 Å². The number of aromatic nitrogens is 3. The summed E-state index contributed by atoms with van der Waals surface area (Å²) in [5.41, 5.74) is 1.40. The molecule has 0 aliphatic carbocycles. The van der Waals surface area contributed by atoms with Crippen molar-refractivity contribution in [1.82, 2.24) is 20.1 Å². The molecule has 18 heavy (non-hydrogen) atoms. The highest BCUT2D eigenvalue weighted by atomic mass is 15.2. The van der Waals surface area contributed by atoms with Crippen LogP contribution in [0.4, 0.5) is 0 Å². The van der Waals surface area contributed by atoms with Crippen molar-refractivity contribution in [2.45, 2.75) is 25.3 Å². The van der Waals surface area contributed by atoms with Crippen molar-refractivity contribution in [3.63, 3.8) is 0 Å². The molecule has 1 N–H and O–H groups in total. The van der Waals surface area contributed by atoms with Crippen molar-refractivity contribution in [3.8, 4) is 0 Å². The van der Waals surface area contributed by atoms with Gasteiger partial charge in [-0.1, -0.05) is 30.3 Å². The highest BCUT2D eigenvalue weighted by Crippen LogP contribution is 2.25. The molecule has 0 spiro atoms. The molecule has 94 valence electrons. The summed E-state index contributed by atoms with van der Waals surface area (Å²) in [6, 6.07) is 10.7. The monoisotopic (exact) mass is 242 g/mol. The fourth-order valence-corrected chi connectivity index (χ4v) is 2.62. The van der Waals surface area contributed by atoms with E-state index in [4.69, 9.17) is 0 Å². The quantitative estimate of drug-likeness (QED) is 0.897. The van der Waals surface area contributed by atoms with Crippen LogP contribution in [0, 0.1) is 0 Å². The Hall–Kier alpha value is -1.68. The van der Waals surface area contributed by atoms with Gasteiger partial charge in [0.25, 0.3) is 0 Å². The predicted molar refractivity (Wildman–Crippen MR) is 70.1 cm³/mol. The number of hydrogen-bond acceptors (Lipinski definition) is 3. The normalized spacial score (nSPS) is 18.0. The minimum Gasteiger partial charge on any atom is -0.299 e. The molecule has 0 bridgehead atoms. The van der Waals surface area contributed by atoms with Gasteiger partial charge >= 0.3 is 0 Å². The molecule has 1 fully saturated rings. The summed E-state index contributed by atoms with van der Waals surface area (Å²) >= 11 is 0. The van der Waals surface area contributed by atoms with E-state index in [-0.39, 0.29) is 0 Å². The number of nitrogens with one attached hydrogen (secondary N) is 1. The molecule has 1 aliphatic rings. The maximum absolute atomic E-state index is 4.26. The molecular weight excluding hydrogens is 224 g/mol. The van der Waals surface area contributed by atoms with Gasteiger partial charge in [-0.3, -0.25) is 10.00 Å². The summed E-state index contributed by atoms with van der Waals surface area (Å²) in [6.45, 7) is 3.34. The molecule has 0 saturated carbocycles. The van der Waals surface area contributed by atoms with Crippen molar-refractivity contribution < 1.29 is 0 Å². The summed E-state index contributed by atoms with van der Waals surface area (Å²) in [7, 11) is 0. The highest BCUT2D eigenvalue weighted by molar-refractivity contribution is 5.14. The molecule has 2 aromatic rings. The zero-order valence-corrected chi connectivity index (χ0v) is 10.4. The van der Waals surface area contributed by atoms with Crippen molar-refractivity contribution in [2.24, 2.45) is 0 Å². The van der Waals surface area contributed by atoms with E-state index in [1.807, 2.05) is 0 Å². The van der Waals surface area contributed by atoms with Crippen LogP contribution in [0.1, 0.15) is 30.1 Å². The van der Waals surface area contributed by atoms with Gasteiger partial charge in [-0.15, -0.1) is 0 Å². The van der Waals surface area contributed by atoms with Gasteiger partial charge in [0.15, 0.2) is 0 Å². The zero-order chi connectivity index (χ0) is 12.2. The fourth-order valence-electron chi connectivity index (χ4n) is 2.62. The Labute approximate surface area is 107 Å². The average Bonchev–Trinajstić information content (AvgIpc) is 2.95. The van der Waals surface area contributed by atoms with Gasteiger partial charge in [0, 0.05) is 12.5 Å². The van der Waals surface area contributed by atoms with E-state index in [9.17, 15) is 0 Å². The Morgan fingerprint density at radius 2 is 1.94 bits per heavy atom. The lowest BCUT2D eigenvalue weighted by molar-refractivity contribution is 0.202. The van der Waals surface area contributed by atoms with Crippen LogP contribution in [0.15, 0.2) is 36.7 Å². The van der Waals surface area contributed by atoms with Gasteiger partial charge in [-0.25, -0.2) is 4.98 Å².